The normalized spacial score (nSPS) is 19.3. The minimum Gasteiger partial charge on any atom is -0.0958 e. The highest BCUT2D eigenvalue weighted by Crippen LogP contribution is 2.38. The number of fused-ring (bicyclic) bond motifs is 1. The molecule has 0 bridgehead atoms. The second kappa shape index (κ2) is 5.83. The minimum absolute atomic E-state index is 0.409. The van der Waals surface area contributed by atoms with E-state index >= 15 is 0 Å². The molecular formula is C21H30. The van der Waals surface area contributed by atoms with Gasteiger partial charge in [0, 0.05) is 0 Å². The van der Waals surface area contributed by atoms with E-state index in [4.69, 9.17) is 0 Å². The molecule has 0 radical (unpaired) electrons. The molecule has 1 aromatic carbocycles. The van der Waals surface area contributed by atoms with E-state index in [2.05, 4.69) is 66.3 Å². The third kappa shape index (κ3) is 3.67. The Balaban J connectivity index is 2.37. The maximum absolute atomic E-state index is 4.04. The lowest BCUT2D eigenvalue weighted by Gasteiger charge is -2.35. The maximum atomic E-state index is 4.04. The van der Waals surface area contributed by atoms with Gasteiger partial charge in [0.1, 0.15) is 0 Å². The fourth-order valence-electron chi connectivity index (χ4n) is 3.20. The standard InChI is InChI=1S/C21H30/c1-14(2)15(3)10-18-12-19-13-20(21(5,6)7)9-8-17(19)11-16(18)4/h10-12,20H,1,8-9,13H2,2-7H3/b15-10+. The van der Waals surface area contributed by atoms with Gasteiger partial charge in [-0.1, -0.05) is 51.1 Å². The van der Waals surface area contributed by atoms with Crippen LogP contribution in [0.3, 0.4) is 0 Å². The summed E-state index contributed by atoms with van der Waals surface area (Å²) in [6.07, 6.45) is 6.09. The first-order chi connectivity index (χ1) is 9.68. The molecule has 1 aliphatic rings. The summed E-state index contributed by atoms with van der Waals surface area (Å²) in [5.74, 6) is 0.798. The van der Waals surface area contributed by atoms with Crippen molar-refractivity contribution >= 4 is 6.08 Å². The number of hydrogen-bond donors (Lipinski definition) is 0. The molecule has 1 aliphatic carbocycles. The maximum Gasteiger partial charge on any atom is -0.0222 e. The predicted molar refractivity (Wildman–Crippen MR) is 94.6 cm³/mol. The highest BCUT2D eigenvalue weighted by Gasteiger charge is 2.28. The highest BCUT2D eigenvalue weighted by molar-refractivity contribution is 5.62. The van der Waals surface area contributed by atoms with Crippen LogP contribution >= 0.6 is 0 Å². The number of hydrogen-bond acceptors (Lipinski definition) is 0. The van der Waals surface area contributed by atoms with Gasteiger partial charge in [0.25, 0.3) is 0 Å². The van der Waals surface area contributed by atoms with Crippen LogP contribution in [-0.2, 0) is 12.8 Å². The Kier molecular flexibility index (Phi) is 4.46. The second-order valence-corrected chi connectivity index (χ2v) is 7.89. The quantitative estimate of drug-likeness (QED) is 0.573. The molecule has 2 rings (SSSR count). The van der Waals surface area contributed by atoms with E-state index in [0.717, 1.165) is 11.5 Å². The Labute approximate surface area is 131 Å². The van der Waals surface area contributed by atoms with Crippen LogP contribution in [0.2, 0.25) is 0 Å². The average Bonchev–Trinajstić information content (AvgIpc) is 2.37. The monoisotopic (exact) mass is 282 g/mol. The van der Waals surface area contributed by atoms with Crippen molar-refractivity contribution in [1.82, 2.24) is 0 Å². The van der Waals surface area contributed by atoms with E-state index in [1.807, 2.05) is 0 Å². The second-order valence-electron chi connectivity index (χ2n) is 7.89. The van der Waals surface area contributed by atoms with Crippen LogP contribution in [0.1, 0.15) is 63.3 Å². The minimum atomic E-state index is 0.409. The number of rotatable bonds is 2. The fourth-order valence-corrected chi connectivity index (χ4v) is 3.20. The van der Waals surface area contributed by atoms with Gasteiger partial charge in [-0.25, -0.2) is 0 Å². The van der Waals surface area contributed by atoms with E-state index in [9.17, 15) is 0 Å². The zero-order chi connectivity index (χ0) is 15.8. The molecule has 0 saturated heterocycles. The lowest BCUT2D eigenvalue weighted by Crippen LogP contribution is -2.27. The zero-order valence-electron chi connectivity index (χ0n) is 14.6. The summed E-state index contributed by atoms with van der Waals surface area (Å²) in [5.41, 5.74) is 8.73. The van der Waals surface area contributed by atoms with E-state index < -0.39 is 0 Å². The van der Waals surface area contributed by atoms with Crippen LogP contribution in [0.25, 0.3) is 6.08 Å². The van der Waals surface area contributed by atoms with Gasteiger partial charge in [0.2, 0.25) is 0 Å². The molecule has 0 heterocycles. The van der Waals surface area contributed by atoms with Crippen molar-refractivity contribution < 1.29 is 0 Å². The number of aryl methyl sites for hydroxylation is 2. The van der Waals surface area contributed by atoms with Crippen LogP contribution in [-0.4, -0.2) is 0 Å². The summed E-state index contributed by atoms with van der Waals surface area (Å²) in [5, 5.41) is 0. The van der Waals surface area contributed by atoms with Crippen LogP contribution in [0, 0.1) is 18.3 Å². The lowest BCUT2D eigenvalue weighted by molar-refractivity contribution is 0.216. The lowest BCUT2D eigenvalue weighted by atomic mass is 9.70. The Bertz CT molecular complexity index is 579. The Morgan fingerprint density at radius 1 is 1.19 bits per heavy atom. The molecule has 1 unspecified atom stereocenters. The molecule has 114 valence electrons. The molecule has 0 aliphatic heterocycles. The van der Waals surface area contributed by atoms with Crippen molar-refractivity contribution in [1.29, 1.82) is 0 Å². The third-order valence-corrected chi connectivity index (χ3v) is 5.09. The van der Waals surface area contributed by atoms with Crippen molar-refractivity contribution in [2.45, 2.75) is 60.8 Å². The molecule has 0 aromatic heterocycles. The fraction of sp³-hybridized carbons (Fsp3) is 0.524. The predicted octanol–water partition coefficient (Wildman–Crippen LogP) is 6.13. The average molecular weight is 282 g/mol. The van der Waals surface area contributed by atoms with Gasteiger partial charge < -0.3 is 0 Å². The SMILES string of the molecule is C=C(C)/C(C)=C/c1cc2c(cc1C)CCC(C(C)(C)C)C2. The van der Waals surface area contributed by atoms with Crippen molar-refractivity contribution in [2.75, 3.05) is 0 Å². The molecule has 0 heteroatoms. The van der Waals surface area contributed by atoms with Crippen LogP contribution in [0.15, 0.2) is 29.9 Å². The number of allylic oxidation sites excluding steroid dienone is 2. The van der Waals surface area contributed by atoms with Crippen molar-refractivity contribution in [3.63, 3.8) is 0 Å². The smallest absolute Gasteiger partial charge is 0.0222 e. The van der Waals surface area contributed by atoms with Crippen LogP contribution in [0.4, 0.5) is 0 Å². The Morgan fingerprint density at radius 2 is 1.86 bits per heavy atom. The summed E-state index contributed by atoms with van der Waals surface area (Å²) in [7, 11) is 0. The highest BCUT2D eigenvalue weighted by atomic mass is 14.3. The molecule has 1 aromatic rings. The van der Waals surface area contributed by atoms with Gasteiger partial charge in [-0.2, -0.15) is 0 Å². The first-order valence-corrected chi connectivity index (χ1v) is 8.15. The molecule has 0 N–H and O–H groups in total. The van der Waals surface area contributed by atoms with E-state index in [0.29, 0.717) is 5.41 Å². The Hall–Kier alpha value is -1.30. The van der Waals surface area contributed by atoms with Crippen LogP contribution < -0.4 is 0 Å². The van der Waals surface area contributed by atoms with Gasteiger partial charge in [-0.3, -0.25) is 0 Å². The van der Waals surface area contributed by atoms with Gasteiger partial charge in [0.15, 0.2) is 0 Å². The molecule has 0 saturated carbocycles. The molecule has 21 heavy (non-hydrogen) atoms. The summed E-state index contributed by atoms with van der Waals surface area (Å²) >= 11 is 0. The van der Waals surface area contributed by atoms with E-state index in [-0.39, 0.29) is 0 Å². The van der Waals surface area contributed by atoms with Crippen molar-refractivity contribution in [3.8, 4) is 0 Å². The third-order valence-electron chi connectivity index (χ3n) is 5.09. The van der Waals surface area contributed by atoms with E-state index in [1.54, 1.807) is 11.1 Å². The van der Waals surface area contributed by atoms with Gasteiger partial charge >= 0.3 is 0 Å². The first kappa shape index (κ1) is 16.1. The molecule has 0 nitrogen and oxygen atoms in total. The summed E-state index contributed by atoms with van der Waals surface area (Å²) in [4.78, 5) is 0. The Morgan fingerprint density at radius 3 is 2.43 bits per heavy atom. The van der Waals surface area contributed by atoms with Gasteiger partial charge in [0.05, 0.1) is 0 Å². The van der Waals surface area contributed by atoms with Gasteiger partial charge in [-0.05, 0) is 79.2 Å². The van der Waals surface area contributed by atoms with Crippen LogP contribution in [0.5, 0.6) is 0 Å². The van der Waals surface area contributed by atoms with Crippen molar-refractivity contribution in [2.24, 2.45) is 11.3 Å². The summed E-state index contributed by atoms with van der Waals surface area (Å²) in [6.45, 7) is 17.6. The molecular weight excluding hydrogens is 252 g/mol. The van der Waals surface area contributed by atoms with Crippen molar-refractivity contribution in [3.05, 3.63) is 52.1 Å². The zero-order valence-corrected chi connectivity index (χ0v) is 14.6. The summed E-state index contributed by atoms with van der Waals surface area (Å²) in [6, 6.07) is 4.83. The number of benzene rings is 1. The first-order valence-electron chi connectivity index (χ1n) is 8.15. The molecule has 0 amide bonds. The molecule has 0 fully saturated rings. The summed E-state index contributed by atoms with van der Waals surface area (Å²) < 4.78 is 0. The largest absolute Gasteiger partial charge is 0.0958 e. The van der Waals surface area contributed by atoms with Gasteiger partial charge in [-0.15, -0.1) is 0 Å². The van der Waals surface area contributed by atoms with E-state index in [1.165, 1.54) is 36.0 Å². The molecule has 0 spiro atoms. The molecule has 1 atom stereocenters. The topological polar surface area (TPSA) is 0 Å².